The number of carboxylic acid groups (broad SMARTS) is 1. The summed E-state index contributed by atoms with van der Waals surface area (Å²) in [4.78, 5) is 15.2. The maximum atomic E-state index is 11.0. The zero-order valence-corrected chi connectivity index (χ0v) is 11.1. The van der Waals surface area contributed by atoms with Crippen LogP contribution < -0.4 is 4.74 Å². The minimum Gasteiger partial charge on any atom is -0.485 e. The smallest absolute Gasteiger partial charge is 0.339 e. The van der Waals surface area contributed by atoms with E-state index in [4.69, 9.17) is 21.4 Å². The molecule has 0 atom stereocenters. The van der Waals surface area contributed by atoms with E-state index in [2.05, 4.69) is 4.98 Å². The number of carbonyl (C=O) groups is 1. The van der Waals surface area contributed by atoms with Crippen molar-refractivity contribution in [1.29, 1.82) is 0 Å². The molecule has 18 heavy (non-hydrogen) atoms. The van der Waals surface area contributed by atoms with E-state index in [0.717, 1.165) is 10.7 Å². The van der Waals surface area contributed by atoms with Gasteiger partial charge in [0.05, 0.1) is 0 Å². The summed E-state index contributed by atoms with van der Waals surface area (Å²) >= 11 is 7.29. The highest BCUT2D eigenvalue weighted by Crippen LogP contribution is 2.24. The maximum absolute atomic E-state index is 11.0. The number of hydrogen-bond acceptors (Lipinski definition) is 4. The third-order valence-corrected chi connectivity index (χ3v) is 3.37. The van der Waals surface area contributed by atoms with E-state index in [1.54, 1.807) is 0 Å². The first-order chi connectivity index (χ1) is 8.56. The van der Waals surface area contributed by atoms with Gasteiger partial charge in [-0.2, -0.15) is 0 Å². The van der Waals surface area contributed by atoms with Crippen LogP contribution in [0.2, 0.25) is 5.02 Å². The highest BCUT2D eigenvalue weighted by molar-refractivity contribution is 7.09. The second kappa shape index (κ2) is 5.37. The van der Waals surface area contributed by atoms with E-state index in [1.165, 1.54) is 29.5 Å². The van der Waals surface area contributed by atoms with Crippen LogP contribution in [0.5, 0.6) is 5.75 Å². The maximum Gasteiger partial charge on any atom is 0.339 e. The average Bonchev–Trinajstić information content (AvgIpc) is 2.72. The fourth-order valence-electron chi connectivity index (χ4n) is 1.40. The topological polar surface area (TPSA) is 59.4 Å². The summed E-state index contributed by atoms with van der Waals surface area (Å²) in [5, 5.41) is 12.2. The fraction of sp³-hybridized carbons (Fsp3) is 0.167. The van der Waals surface area contributed by atoms with Gasteiger partial charge in [0.15, 0.2) is 0 Å². The molecule has 1 N–H and O–H groups in total. The number of thiazole rings is 1. The average molecular weight is 284 g/mol. The highest BCUT2D eigenvalue weighted by atomic mass is 35.5. The molecule has 0 spiro atoms. The van der Waals surface area contributed by atoms with E-state index in [9.17, 15) is 4.79 Å². The number of aromatic carboxylic acids is 1. The molecule has 0 aliphatic carbocycles. The molecule has 1 aromatic carbocycles. The zero-order chi connectivity index (χ0) is 13.1. The van der Waals surface area contributed by atoms with Gasteiger partial charge in [-0.3, -0.25) is 0 Å². The van der Waals surface area contributed by atoms with Gasteiger partial charge in [-0.25, -0.2) is 9.78 Å². The van der Waals surface area contributed by atoms with Gasteiger partial charge in [0, 0.05) is 16.1 Å². The van der Waals surface area contributed by atoms with E-state index in [0.29, 0.717) is 5.02 Å². The highest BCUT2D eigenvalue weighted by Gasteiger charge is 2.12. The van der Waals surface area contributed by atoms with Crippen LogP contribution in [0.4, 0.5) is 0 Å². The molecular formula is C12H10ClNO3S. The predicted octanol–water partition coefficient (Wildman–Crippen LogP) is 3.38. The minimum atomic E-state index is -1.04. The zero-order valence-electron chi connectivity index (χ0n) is 9.51. The minimum absolute atomic E-state index is 0.0904. The number of carboxylic acids is 1. The van der Waals surface area contributed by atoms with E-state index in [-0.39, 0.29) is 17.9 Å². The second-order valence-corrected chi connectivity index (χ2v) is 5.00. The first kappa shape index (κ1) is 12.9. The Bertz CT molecular complexity index is 582. The molecule has 0 aliphatic rings. The molecule has 6 heteroatoms. The van der Waals surface area contributed by atoms with Gasteiger partial charge in [-0.05, 0) is 25.1 Å². The lowest BCUT2D eigenvalue weighted by atomic mass is 10.2. The van der Waals surface area contributed by atoms with Crippen LogP contribution in [-0.4, -0.2) is 16.1 Å². The molecule has 0 saturated heterocycles. The molecule has 0 bridgehead atoms. The van der Waals surface area contributed by atoms with Gasteiger partial charge in [0.25, 0.3) is 0 Å². The number of aryl methyl sites for hydroxylation is 1. The van der Waals surface area contributed by atoms with Gasteiger partial charge in [0.1, 0.15) is 22.9 Å². The number of nitrogens with zero attached hydrogens (tertiary/aromatic N) is 1. The van der Waals surface area contributed by atoms with Gasteiger partial charge >= 0.3 is 5.97 Å². The second-order valence-electron chi connectivity index (χ2n) is 3.62. The van der Waals surface area contributed by atoms with Crippen molar-refractivity contribution in [3.63, 3.8) is 0 Å². The number of ether oxygens (including phenoxy) is 1. The molecule has 94 valence electrons. The molecule has 4 nitrogen and oxygen atoms in total. The Morgan fingerprint density at radius 3 is 2.94 bits per heavy atom. The van der Waals surface area contributed by atoms with Crippen molar-refractivity contribution in [1.82, 2.24) is 4.98 Å². The van der Waals surface area contributed by atoms with E-state index >= 15 is 0 Å². The number of halogens is 1. The van der Waals surface area contributed by atoms with Crippen LogP contribution in [-0.2, 0) is 6.61 Å². The Labute approximate surface area is 113 Å². The lowest BCUT2D eigenvalue weighted by molar-refractivity contribution is 0.0692. The molecule has 0 radical (unpaired) electrons. The summed E-state index contributed by atoms with van der Waals surface area (Å²) in [6, 6.07) is 4.43. The van der Waals surface area contributed by atoms with Crippen molar-refractivity contribution >= 4 is 28.9 Å². The predicted molar refractivity (Wildman–Crippen MR) is 69.6 cm³/mol. The molecule has 1 aromatic heterocycles. The summed E-state index contributed by atoms with van der Waals surface area (Å²) in [7, 11) is 0. The molecule has 0 unspecified atom stereocenters. The van der Waals surface area contributed by atoms with Crippen molar-refractivity contribution in [3.05, 3.63) is 44.9 Å². The largest absolute Gasteiger partial charge is 0.485 e. The number of benzene rings is 1. The molecule has 0 amide bonds. The van der Waals surface area contributed by atoms with Crippen LogP contribution in [0, 0.1) is 6.92 Å². The van der Waals surface area contributed by atoms with Crippen LogP contribution >= 0.6 is 22.9 Å². The lowest BCUT2D eigenvalue weighted by Crippen LogP contribution is -2.03. The number of rotatable bonds is 4. The normalized spacial score (nSPS) is 10.3. The number of aromatic nitrogens is 1. The Morgan fingerprint density at radius 2 is 2.33 bits per heavy atom. The molecule has 2 rings (SSSR count). The quantitative estimate of drug-likeness (QED) is 0.934. The standard InChI is InChI=1S/C12H10ClNO3S/c1-7-6-18-11(14-7)5-17-10-4-8(13)2-3-9(10)12(15)16/h2-4,6H,5H2,1H3,(H,15,16). The summed E-state index contributed by atoms with van der Waals surface area (Å²) in [6.45, 7) is 2.13. The Hall–Kier alpha value is -1.59. The van der Waals surface area contributed by atoms with Crippen molar-refractivity contribution < 1.29 is 14.6 Å². The van der Waals surface area contributed by atoms with Crippen molar-refractivity contribution in [2.45, 2.75) is 13.5 Å². The third-order valence-electron chi connectivity index (χ3n) is 2.19. The lowest BCUT2D eigenvalue weighted by Gasteiger charge is -2.07. The first-order valence-corrected chi connectivity index (χ1v) is 6.38. The van der Waals surface area contributed by atoms with Crippen molar-refractivity contribution in [2.75, 3.05) is 0 Å². The third kappa shape index (κ3) is 3.00. The number of hydrogen-bond donors (Lipinski definition) is 1. The Morgan fingerprint density at radius 1 is 1.56 bits per heavy atom. The van der Waals surface area contributed by atoms with Gasteiger partial charge in [-0.15, -0.1) is 11.3 Å². The van der Waals surface area contributed by atoms with Crippen LogP contribution in [0.15, 0.2) is 23.6 Å². The van der Waals surface area contributed by atoms with Gasteiger partial charge in [0.2, 0.25) is 0 Å². The van der Waals surface area contributed by atoms with Crippen LogP contribution in [0.25, 0.3) is 0 Å². The summed E-state index contributed by atoms with van der Waals surface area (Å²) in [5.41, 5.74) is 1.01. The van der Waals surface area contributed by atoms with Gasteiger partial charge < -0.3 is 9.84 Å². The molecule has 0 aliphatic heterocycles. The Balaban J connectivity index is 2.17. The molecule has 1 heterocycles. The van der Waals surface area contributed by atoms with Gasteiger partial charge in [-0.1, -0.05) is 11.6 Å². The molecular weight excluding hydrogens is 274 g/mol. The first-order valence-electron chi connectivity index (χ1n) is 5.13. The van der Waals surface area contributed by atoms with Crippen molar-refractivity contribution in [2.24, 2.45) is 0 Å². The van der Waals surface area contributed by atoms with E-state index in [1.807, 2.05) is 12.3 Å². The molecule has 0 saturated carbocycles. The van der Waals surface area contributed by atoms with Crippen molar-refractivity contribution in [3.8, 4) is 5.75 Å². The van der Waals surface area contributed by atoms with E-state index < -0.39 is 5.97 Å². The monoisotopic (exact) mass is 283 g/mol. The van der Waals surface area contributed by atoms with Crippen LogP contribution in [0.1, 0.15) is 21.1 Å². The summed E-state index contributed by atoms with van der Waals surface area (Å²) < 4.78 is 5.46. The summed E-state index contributed by atoms with van der Waals surface area (Å²) in [5.74, 6) is -0.792. The summed E-state index contributed by atoms with van der Waals surface area (Å²) in [6.07, 6.45) is 0. The molecule has 0 fully saturated rings. The van der Waals surface area contributed by atoms with Crippen LogP contribution in [0.3, 0.4) is 0 Å². The SMILES string of the molecule is Cc1csc(COc2cc(Cl)ccc2C(=O)O)n1. The Kier molecular flexibility index (Phi) is 3.84. The fourth-order valence-corrected chi connectivity index (χ4v) is 2.25. The molecule has 2 aromatic rings.